The van der Waals surface area contributed by atoms with Crippen LogP contribution in [0, 0.1) is 0 Å². The van der Waals surface area contributed by atoms with Gasteiger partial charge in [0.15, 0.2) is 5.82 Å². The fourth-order valence-corrected chi connectivity index (χ4v) is 7.49. The Labute approximate surface area is 287 Å². The summed E-state index contributed by atoms with van der Waals surface area (Å²) in [5, 5.41) is 7.79. The molecule has 10 aromatic rings. The molecule has 0 saturated carbocycles. The predicted octanol–water partition coefficient (Wildman–Crippen LogP) is 12.3. The largest absolute Gasteiger partial charge is 0.455 e. The van der Waals surface area contributed by atoms with Crippen molar-refractivity contribution in [3.8, 4) is 28.3 Å². The van der Waals surface area contributed by atoms with Crippen LogP contribution in [0.4, 0.5) is 0 Å². The van der Waals surface area contributed by atoms with Gasteiger partial charge >= 0.3 is 0 Å². The number of nitrogens with zero attached hydrogens (tertiary/aromatic N) is 3. The van der Waals surface area contributed by atoms with Gasteiger partial charge in [-0.25, -0.2) is 9.97 Å². The van der Waals surface area contributed by atoms with Gasteiger partial charge in [0, 0.05) is 27.3 Å². The van der Waals surface area contributed by atoms with Crippen LogP contribution >= 0.6 is 0 Å². The highest BCUT2D eigenvalue weighted by molar-refractivity contribution is 6.20. The molecule has 0 aliphatic carbocycles. The van der Waals surface area contributed by atoms with Crippen molar-refractivity contribution in [2.45, 2.75) is 0 Å². The SMILES string of the molecule is C=C/C=C\c1c(-c2c3ccccc3cc3c2oc2ccccc23)n(-c2nc3ccccc3nc2-c2ccccc2)c2cc3ccccc3cc12. The average molecular weight is 640 g/mol. The molecule has 234 valence electrons. The minimum Gasteiger partial charge on any atom is -0.455 e. The minimum absolute atomic E-state index is 0.751. The van der Waals surface area contributed by atoms with Crippen LogP contribution in [0.25, 0.3) is 99.8 Å². The molecule has 0 amide bonds. The molecule has 4 nitrogen and oxygen atoms in total. The lowest BCUT2D eigenvalue weighted by Gasteiger charge is -2.17. The van der Waals surface area contributed by atoms with Gasteiger partial charge in [-0.1, -0.05) is 134 Å². The number of fused-ring (bicyclic) bond motifs is 7. The highest BCUT2D eigenvalue weighted by Gasteiger charge is 2.27. The third kappa shape index (κ3) is 4.25. The molecule has 0 spiro atoms. The van der Waals surface area contributed by atoms with Crippen molar-refractivity contribution in [1.29, 1.82) is 0 Å². The third-order valence-electron chi connectivity index (χ3n) is 9.71. The topological polar surface area (TPSA) is 43.9 Å². The summed E-state index contributed by atoms with van der Waals surface area (Å²) in [4.78, 5) is 10.8. The first-order chi connectivity index (χ1) is 24.8. The zero-order valence-corrected chi connectivity index (χ0v) is 27.0. The number of furan rings is 1. The van der Waals surface area contributed by atoms with E-state index in [1.165, 1.54) is 0 Å². The summed E-state index contributed by atoms with van der Waals surface area (Å²) in [5.74, 6) is 0.751. The minimum atomic E-state index is 0.751. The quantitative estimate of drug-likeness (QED) is 0.176. The lowest BCUT2D eigenvalue weighted by molar-refractivity contribution is 0.670. The van der Waals surface area contributed by atoms with Crippen molar-refractivity contribution in [2.24, 2.45) is 0 Å². The van der Waals surface area contributed by atoms with Crippen LogP contribution in [0.15, 0.2) is 169 Å². The summed E-state index contributed by atoms with van der Waals surface area (Å²) in [6.45, 7) is 4.06. The Hall–Kier alpha value is -6.78. The van der Waals surface area contributed by atoms with Crippen molar-refractivity contribution in [3.05, 3.63) is 170 Å². The second-order valence-corrected chi connectivity index (χ2v) is 12.6. The Morgan fingerprint density at radius 3 is 2.02 bits per heavy atom. The van der Waals surface area contributed by atoms with Gasteiger partial charge in [-0.05, 0) is 57.9 Å². The van der Waals surface area contributed by atoms with Gasteiger partial charge in [0.25, 0.3) is 0 Å². The van der Waals surface area contributed by atoms with Gasteiger partial charge in [0.1, 0.15) is 16.9 Å². The van der Waals surface area contributed by atoms with E-state index in [1.54, 1.807) is 0 Å². The maximum atomic E-state index is 6.86. The smallest absolute Gasteiger partial charge is 0.165 e. The maximum absolute atomic E-state index is 6.86. The Morgan fingerprint density at radius 1 is 0.580 bits per heavy atom. The van der Waals surface area contributed by atoms with Gasteiger partial charge in [-0.3, -0.25) is 4.57 Å². The molecule has 0 unspecified atom stereocenters. The first-order valence-electron chi connectivity index (χ1n) is 16.8. The van der Waals surface area contributed by atoms with Crippen LogP contribution < -0.4 is 0 Å². The molecule has 10 rings (SSSR count). The summed E-state index contributed by atoms with van der Waals surface area (Å²) in [6.07, 6.45) is 6.02. The Balaban J connectivity index is 1.48. The van der Waals surface area contributed by atoms with Crippen molar-refractivity contribution in [3.63, 3.8) is 0 Å². The van der Waals surface area contributed by atoms with E-state index < -0.39 is 0 Å². The molecule has 50 heavy (non-hydrogen) atoms. The molecule has 0 saturated heterocycles. The molecule has 0 N–H and O–H groups in total. The highest BCUT2D eigenvalue weighted by atomic mass is 16.3. The molecule has 3 aromatic heterocycles. The molecule has 0 radical (unpaired) electrons. The van der Waals surface area contributed by atoms with E-state index in [9.17, 15) is 0 Å². The van der Waals surface area contributed by atoms with Gasteiger partial charge < -0.3 is 4.42 Å². The van der Waals surface area contributed by atoms with Crippen molar-refractivity contribution >= 4 is 71.5 Å². The fraction of sp³-hybridized carbons (Fsp3) is 0. The number of hydrogen-bond donors (Lipinski definition) is 0. The van der Waals surface area contributed by atoms with Crippen LogP contribution in [-0.2, 0) is 0 Å². The van der Waals surface area contributed by atoms with Crippen molar-refractivity contribution in [2.75, 3.05) is 0 Å². The Morgan fingerprint density at radius 2 is 1.22 bits per heavy atom. The van der Waals surface area contributed by atoms with E-state index in [2.05, 4.69) is 120 Å². The number of allylic oxidation sites excluding steroid dienone is 2. The van der Waals surface area contributed by atoms with E-state index in [4.69, 9.17) is 14.4 Å². The number of benzene rings is 7. The van der Waals surface area contributed by atoms with Crippen molar-refractivity contribution < 1.29 is 4.42 Å². The number of hydrogen-bond acceptors (Lipinski definition) is 3. The summed E-state index contributed by atoms with van der Waals surface area (Å²) in [7, 11) is 0. The van der Waals surface area contributed by atoms with Gasteiger partial charge in [-0.15, -0.1) is 0 Å². The van der Waals surface area contributed by atoms with Gasteiger partial charge in [0.2, 0.25) is 0 Å². The first-order valence-corrected chi connectivity index (χ1v) is 16.8. The summed E-state index contributed by atoms with van der Waals surface area (Å²) in [6, 6.07) is 50.7. The van der Waals surface area contributed by atoms with Crippen LogP contribution in [0.3, 0.4) is 0 Å². The molecule has 4 heteroatoms. The maximum Gasteiger partial charge on any atom is 0.165 e. The number of para-hydroxylation sites is 3. The number of aromatic nitrogens is 3. The third-order valence-corrected chi connectivity index (χ3v) is 9.71. The van der Waals surface area contributed by atoms with Crippen LogP contribution in [0.5, 0.6) is 0 Å². The standard InChI is InChI=1S/C46H29N3O/c1-2-3-20-35-36-26-30-17-7-8-18-31(30)28-40(36)49(46-43(29-15-5-4-6-16-29)47-38-23-12-13-24-39(38)48-46)44(35)42-33-21-10-9-19-32(33)27-37-34-22-11-14-25-41(34)50-45(37)42/h2-28H,1H2/b20-3-. The number of rotatable bonds is 5. The van der Waals surface area contributed by atoms with E-state index in [1.807, 2.05) is 54.6 Å². The van der Waals surface area contributed by atoms with E-state index in [0.29, 0.717) is 0 Å². The van der Waals surface area contributed by atoms with Crippen LogP contribution in [0.1, 0.15) is 5.56 Å². The summed E-state index contributed by atoms with van der Waals surface area (Å²) >= 11 is 0. The highest BCUT2D eigenvalue weighted by Crippen LogP contribution is 2.47. The average Bonchev–Trinajstić information content (AvgIpc) is 3.69. The van der Waals surface area contributed by atoms with Crippen LogP contribution in [-0.4, -0.2) is 14.5 Å². The lowest BCUT2D eigenvalue weighted by atomic mass is 9.95. The summed E-state index contributed by atoms with van der Waals surface area (Å²) < 4.78 is 9.18. The molecule has 0 aliphatic rings. The normalized spacial score (nSPS) is 12.0. The predicted molar refractivity (Wildman–Crippen MR) is 209 cm³/mol. The van der Waals surface area contributed by atoms with E-state index in [0.717, 1.165) is 99.3 Å². The van der Waals surface area contributed by atoms with E-state index >= 15 is 0 Å². The molecule has 0 fully saturated rings. The second kappa shape index (κ2) is 11.1. The first kappa shape index (κ1) is 28.3. The molecular weight excluding hydrogens is 611 g/mol. The fourth-order valence-electron chi connectivity index (χ4n) is 7.49. The van der Waals surface area contributed by atoms with Crippen LogP contribution in [0.2, 0.25) is 0 Å². The molecule has 7 aromatic carbocycles. The summed E-state index contributed by atoms with van der Waals surface area (Å²) in [5.41, 5.74) is 9.22. The van der Waals surface area contributed by atoms with Gasteiger partial charge in [0.05, 0.1) is 27.8 Å². The van der Waals surface area contributed by atoms with Crippen molar-refractivity contribution in [1.82, 2.24) is 14.5 Å². The zero-order chi connectivity index (χ0) is 33.2. The molecule has 3 heterocycles. The van der Waals surface area contributed by atoms with E-state index in [-0.39, 0.29) is 0 Å². The Bertz CT molecular complexity index is 3000. The van der Waals surface area contributed by atoms with Gasteiger partial charge in [-0.2, -0.15) is 0 Å². The lowest BCUT2D eigenvalue weighted by Crippen LogP contribution is -2.06. The molecule has 0 atom stereocenters. The molecule has 0 bridgehead atoms. The second-order valence-electron chi connectivity index (χ2n) is 12.6. The monoisotopic (exact) mass is 639 g/mol. The zero-order valence-electron chi connectivity index (χ0n) is 27.0. The molecule has 0 aliphatic heterocycles. The molecular formula is C46H29N3O. The Kier molecular flexibility index (Phi) is 6.30.